The van der Waals surface area contributed by atoms with Gasteiger partial charge in [0.25, 0.3) is 0 Å². The van der Waals surface area contributed by atoms with E-state index in [2.05, 4.69) is 30.0 Å². The fraction of sp³-hybridized carbons (Fsp3) is 0.400. The molecule has 12 nitrogen and oxygen atoms in total. The van der Waals surface area contributed by atoms with Crippen LogP contribution in [0.15, 0.2) is 36.8 Å². The molecule has 0 saturated heterocycles. The van der Waals surface area contributed by atoms with E-state index in [0.29, 0.717) is 28.8 Å². The van der Waals surface area contributed by atoms with Crippen molar-refractivity contribution in [3.8, 4) is 28.6 Å². The molecule has 0 bridgehead atoms. The lowest BCUT2D eigenvalue weighted by atomic mass is 10.1. The van der Waals surface area contributed by atoms with E-state index in [-0.39, 0.29) is 5.95 Å². The maximum atomic E-state index is 13.6. The Bertz CT molecular complexity index is 1540. The van der Waals surface area contributed by atoms with Gasteiger partial charge < -0.3 is 9.47 Å². The van der Waals surface area contributed by atoms with Crippen molar-refractivity contribution in [3.05, 3.63) is 53.9 Å². The second-order valence-corrected chi connectivity index (χ2v) is 11.3. The van der Waals surface area contributed by atoms with E-state index in [1.807, 2.05) is 11.6 Å². The molecule has 0 amide bonds. The van der Waals surface area contributed by atoms with Crippen LogP contribution >= 0.6 is 0 Å². The molecular weight excluding hydrogens is 508 g/mol. The highest BCUT2D eigenvalue weighted by atomic mass is 32.2. The fourth-order valence-electron chi connectivity index (χ4n) is 4.58. The summed E-state index contributed by atoms with van der Waals surface area (Å²) in [6.45, 7) is 6.09. The number of benzene rings is 1. The van der Waals surface area contributed by atoms with E-state index < -0.39 is 21.2 Å². The van der Waals surface area contributed by atoms with Gasteiger partial charge in [-0.15, -0.1) is 10.2 Å². The molecule has 200 valence electrons. The smallest absolute Gasteiger partial charge is 0.243 e. The van der Waals surface area contributed by atoms with Crippen LogP contribution < -0.4 is 14.2 Å². The predicted molar refractivity (Wildman–Crippen MR) is 141 cm³/mol. The molecule has 2 atom stereocenters. The van der Waals surface area contributed by atoms with Crippen LogP contribution in [0, 0.1) is 6.92 Å². The van der Waals surface area contributed by atoms with Gasteiger partial charge in [-0.25, -0.2) is 18.4 Å². The fourth-order valence-corrected chi connectivity index (χ4v) is 5.81. The molecular formula is C25H30N8O4S. The van der Waals surface area contributed by atoms with Gasteiger partial charge in [-0.2, -0.15) is 5.10 Å². The zero-order valence-corrected chi connectivity index (χ0v) is 22.7. The standard InChI is InChI=1S/C25H30N8O4S/c1-15-12-26-23(27-13-15)16(2)17(3)38(34,35)31-25-30-29-24(18-14-28-32-11-7-8-19(18)32)33(25)22-20(36-4)9-6-10-21(22)37-5/h6,9-10,12-14,16-17H,7-8,11H2,1-5H3,(H,30,31). The van der Waals surface area contributed by atoms with Gasteiger partial charge in [0.15, 0.2) is 5.82 Å². The van der Waals surface area contributed by atoms with Crippen molar-refractivity contribution >= 4 is 16.0 Å². The average molecular weight is 539 g/mol. The summed E-state index contributed by atoms with van der Waals surface area (Å²) in [6.07, 6.45) is 6.88. The first kappa shape index (κ1) is 25.6. The van der Waals surface area contributed by atoms with Crippen molar-refractivity contribution in [2.45, 2.75) is 51.3 Å². The van der Waals surface area contributed by atoms with Crippen LogP contribution in [0.4, 0.5) is 5.95 Å². The lowest BCUT2D eigenvalue weighted by Gasteiger charge is -2.21. The molecule has 0 saturated carbocycles. The summed E-state index contributed by atoms with van der Waals surface area (Å²) in [6, 6.07) is 5.32. The van der Waals surface area contributed by atoms with Gasteiger partial charge >= 0.3 is 0 Å². The number of nitrogens with one attached hydrogen (secondary N) is 1. The predicted octanol–water partition coefficient (Wildman–Crippen LogP) is 3.13. The van der Waals surface area contributed by atoms with Gasteiger partial charge in [-0.05, 0) is 44.4 Å². The minimum atomic E-state index is -3.96. The van der Waals surface area contributed by atoms with Crippen LogP contribution in [0.25, 0.3) is 17.1 Å². The van der Waals surface area contributed by atoms with Gasteiger partial charge in [-0.3, -0.25) is 14.0 Å². The molecule has 0 radical (unpaired) electrons. The Labute approximate surface area is 221 Å². The summed E-state index contributed by atoms with van der Waals surface area (Å²) in [7, 11) is -0.890. The summed E-state index contributed by atoms with van der Waals surface area (Å²) in [5, 5.41) is 12.3. The van der Waals surface area contributed by atoms with Crippen molar-refractivity contribution < 1.29 is 17.9 Å². The summed E-state index contributed by atoms with van der Waals surface area (Å²) in [5.41, 5.74) is 3.15. The molecule has 1 aliphatic rings. The Balaban J connectivity index is 1.62. The number of ether oxygens (including phenoxy) is 2. The maximum absolute atomic E-state index is 13.6. The topological polar surface area (TPSA) is 139 Å². The number of sulfonamides is 1. The molecule has 4 aromatic rings. The lowest BCUT2D eigenvalue weighted by molar-refractivity contribution is 0.391. The number of hydrogen-bond donors (Lipinski definition) is 1. The molecule has 1 N–H and O–H groups in total. The van der Waals surface area contributed by atoms with Gasteiger partial charge in [-0.1, -0.05) is 13.0 Å². The second-order valence-electron chi connectivity index (χ2n) is 9.28. The summed E-state index contributed by atoms with van der Waals surface area (Å²) < 4.78 is 44.8. The first-order valence-electron chi connectivity index (χ1n) is 12.3. The van der Waals surface area contributed by atoms with E-state index >= 15 is 0 Å². The third-order valence-electron chi connectivity index (χ3n) is 6.90. The highest BCUT2D eigenvalue weighted by Gasteiger charge is 2.33. The molecule has 0 aliphatic carbocycles. The Morgan fingerprint density at radius 1 is 1.03 bits per heavy atom. The van der Waals surface area contributed by atoms with Gasteiger partial charge in [0, 0.05) is 30.6 Å². The van der Waals surface area contributed by atoms with Crippen LogP contribution in [0.3, 0.4) is 0 Å². The highest BCUT2D eigenvalue weighted by molar-refractivity contribution is 7.93. The van der Waals surface area contributed by atoms with Gasteiger partial charge in [0.1, 0.15) is 23.0 Å². The third-order valence-corrected chi connectivity index (χ3v) is 8.75. The molecule has 5 rings (SSSR count). The van der Waals surface area contributed by atoms with Crippen molar-refractivity contribution in [1.82, 2.24) is 34.5 Å². The normalized spacial score (nSPS) is 14.7. The van der Waals surface area contributed by atoms with Crippen molar-refractivity contribution in [1.29, 1.82) is 0 Å². The first-order valence-corrected chi connectivity index (χ1v) is 13.8. The molecule has 1 aliphatic heterocycles. The van der Waals surface area contributed by atoms with Gasteiger partial charge in [0.05, 0.1) is 31.2 Å². The van der Waals surface area contributed by atoms with Crippen LogP contribution in [0.2, 0.25) is 0 Å². The van der Waals surface area contributed by atoms with Gasteiger partial charge in [0.2, 0.25) is 16.0 Å². The first-order chi connectivity index (χ1) is 18.2. The molecule has 13 heteroatoms. The van der Waals surface area contributed by atoms with Crippen molar-refractivity contribution in [2.75, 3.05) is 18.9 Å². The van der Waals surface area contributed by atoms with Crippen LogP contribution in [0.1, 0.15) is 43.3 Å². The number of para-hydroxylation sites is 1. The maximum Gasteiger partial charge on any atom is 0.243 e. The van der Waals surface area contributed by atoms with Crippen LogP contribution in [-0.4, -0.2) is 62.4 Å². The molecule has 3 aromatic heterocycles. The van der Waals surface area contributed by atoms with E-state index in [1.54, 1.807) is 55.2 Å². The molecule has 2 unspecified atom stereocenters. The van der Waals surface area contributed by atoms with Crippen molar-refractivity contribution in [3.63, 3.8) is 0 Å². The molecule has 38 heavy (non-hydrogen) atoms. The minimum absolute atomic E-state index is 0.00428. The van der Waals surface area contributed by atoms with Crippen LogP contribution in [0.5, 0.6) is 11.5 Å². The summed E-state index contributed by atoms with van der Waals surface area (Å²) in [4.78, 5) is 8.65. The summed E-state index contributed by atoms with van der Waals surface area (Å²) >= 11 is 0. The third kappa shape index (κ3) is 4.46. The zero-order valence-electron chi connectivity index (χ0n) is 21.9. The Morgan fingerprint density at radius 3 is 2.37 bits per heavy atom. The number of rotatable bonds is 9. The number of aryl methyl sites for hydroxylation is 2. The number of methoxy groups -OCH3 is 2. The minimum Gasteiger partial charge on any atom is -0.494 e. The number of anilines is 1. The lowest BCUT2D eigenvalue weighted by Crippen LogP contribution is -2.31. The molecule has 0 fully saturated rings. The number of nitrogens with zero attached hydrogens (tertiary/aromatic N) is 7. The molecule has 1 aromatic carbocycles. The second kappa shape index (κ2) is 10.0. The highest BCUT2D eigenvalue weighted by Crippen LogP contribution is 2.39. The quantitative estimate of drug-likeness (QED) is 0.340. The number of aromatic nitrogens is 7. The largest absolute Gasteiger partial charge is 0.494 e. The zero-order chi connectivity index (χ0) is 27.0. The number of hydrogen-bond acceptors (Lipinski definition) is 9. The SMILES string of the molecule is COc1cccc(OC)c1-n1c(NS(=O)(=O)C(C)C(C)c2ncc(C)cn2)nnc1-c1cnn2c1CCC2. The average Bonchev–Trinajstić information content (AvgIpc) is 3.64. The van der Waals surface area contributed by atoms with Crippen LogP contribution in [-0.2, 0) is 23.0 Å². The Kier molecular flexibility index (Phi) is 6.78. The van der Waals surface area contributed by atoms with Crippen molar-refractivity contribution in [2.24, 2.45) is 0 Å². The van der Waals surface area contributed by atoms with E-state index in [0.717, 1.165) is 36.2 Å². The molecule has 0 spiro atoms. The number of fused-ring (bicyclic) bond motifs is 1. The Morgan fingerprint density at radius 2 is 1.71 bits per heavy atom. The Hall–Kier alpha value is -4.00. The monoisotopic (exact) mass is 538 g/mol. The summed E-state index contributed by atoms with van der Waals surface area (Å²) in [5.74, 6) is 1.32. The van der Waals surface area contributed by atoms with E-state index in [1.165, 1.54) is 14.2 Å². The van der Waals surface area contributed by atoms with E-state index in [9.17, 15) is 8.42 Å². The van der Waals surface area contributed by atoms with E-state index in [4.69, 9.17) is 9.47 Å². The molecule has 4 heterocycles.